The molecule has 1 aromatic rings. The molecule has 0 amide bonds. The fraction of sp³-hybridized carbons (Fsp3) is 0.200. The summed E-state index contributed by atoms with van der Waals surface area (Å²) in [6.07, 6.45) is 0. The first-order valence-corrected chi connectivity index (χ1v) is 7.47. The van der Waals surface area contributed by atoms with Gasteiger partial charge >= 0.3 is 0 Å². The number of sulfonamides is 1. The Morgan fingerprint density at radius 2 is 2.00 bits per heavy atom. The topological polar surface area (TPSA) is 98.7 Å². The monoisotopic (exact) mass is 285 g/mol. The van der Waals surface area contributed by atoms with Crippen LogP contribution in [0.4, 0.5) is 0 Å². The molecule has 6 nitrogen and oxygen atoms in total. The predicted molar refractivity (Wildman–Crippen MR) is 65.9 cm³/mol. The van der Waals surface area contributed by atoms with Crippen LogP contribution in [0.1, 0.15) is 10.4 Å². The van der Waals surface area contributed by atoms with E-state index >= 15 is 0 Å². The van der Waals surface area contributed by atoms with E-state index in [2.05, 4.69) is 9.71 Å². The van der Waals surface area contributed by atoms with Gasteiger partial charge in [0, 0.05) is 5.75 Å². The van der Waals surface area contributed by atoms with Gasteiger partial charge < -0.3 is 9.90 Å². The molecule has 1 heterocycles. The Hall–Kier alpha value is -1.54. The van der Waals surface area contributed by atoms with Crippen LogP contribution in [0.25, 0.3) is 0 Å². The van der Waals surface area contributed by atoms with E-state index in [0.29, 0.717) is 11.7 Å². The van der Waals surface area contributed by atoms with Crippen LogP contribution in [0.2, 0.25) is 0 Å². The minimum atomic E-state index is -3.70. The Morgan fingerprint density at radius 3 is 2.50 bits per heavy atom. The molecule has 0 saturated carbocycles. The largest absolute Gasteiger partial charge is 0.545 e. The van der Waals surface area contributed by atoms with E-state index < -0.39 is 16.0 Å². The molecule has 0 fully saturated rings. The quantitative estimate of drug-likeness (QED) is 0.802. The summed E-state index contributed by atoms with van der Waals surface area (Å²) >= 11 is 1.33. The van der Waals surface area contributed by atoms with Crippen LogP contribution >= 0.6 is 11.8 Å². The van der Waals surface area contributed by atoms with E-state index in [1.165, 1.54) is 36.0 Å². The van der Waals surface area contributed by atoms with Crippen molar-refractivity contribution >= 4 is 32.9 Å². The molecule has 0 spiro atoms. The zero-order chi connectivity index (χ0) is 13.2. The first kappa shape index (κ1) is 12.9. The van der Waals surface area contributed by atoms with E-state index in [4.69, 9.17) is 0 Å². The molecule has 0 radical (unpaired) electrons. The van der Waals surface area contributed by atoms with Gasteiger partial charge in [-0.25, -0.2) is 8.42 Å². The molecule has 0 atom stereocenters. The van der Waals surface area contributed by atoms with Gasteiger partial charge in [-0.2, -0.15) is 0 Å². The molecule has 8 heteroatoms. The minimum Gasteiger partial charge on any atom is -0.545 e. The second kappa shape index (κ2) is 4.99. The highest BCUT2D eigenvalue weighted by Crippen LogP contribution is 2.14. The molecule has 1 N–H and O–H groups in total. The number of aliphatic imine (C=N–C) groups is 1. The molecule has 1 aliphatic rings. The number of carboxylic acid groups (broad SMARTS) is 1. The van der Waals surface area contributed by atoms with Crippen molar-refractivity contribution < 1.29 is 18.3 Å². The number of hydrogen-bond acceptors (Lipinski definition) is 6. The van der Waals surface area contributed by atoms with Crippen molar-refractivity contribution in [3.8, 4) is 0 Å². The summed E-state index contributed by atoms with van der Waals surface area (Å²) in [5.41, 5.74) is -0.0680. The summed E-state index contributed by atoms with van der Waals surface area (Å²) in [6.45, 7) is 0.589. The predicted octanol–water partition coefficient (Wildman–Crippen LogP) is -0.569. The number of hydrogen-bond donors (Lipinski definition) is 1. The van der Waals surface area contributed by atoms with Crippen molar-refractivity contribution in [2.75, 3.05) is 12.3 Å². The lowest BCUT2D eigenvalue weighted by molar-refractivity contribution is -0.255. The lowest BCUT2D eigenvalue weighted by Crippen LogP contribution is -2.28. The third-order valence-electron chi connectivity index (χ3n) is 2.21. The number of thioether (sulfide) groups is 1. The van der Waals surface area contributed by atoms with Crippen LogP contribution in [0.3, 0.4) is 0 Å². The lowest BCUT2D eigenvalue weighted by Gasteiger charge is -2.08. The molecule has 0 unspecified atom stereocenters. The molecule has 0 aliphatic carbocycles. The van der Waals surface area contributed by atoms with Gasteiger partial charge in [0.15, 0.2) is 5.17 Å². The van der Waals surface area contributed by atoms with Gasteiger partial charge in [0.05, 0.1) is 17.4 Å². The third-order valence-corrected chi connectivity index (χ3v) is 4.58. The van der Waals surface area contributed by atoms with Gasteiger partial charge in [-0.3, -0.25) is 9.71 Å². The van der Waals surface area contributed by atoms with Crippen molar-refractivity contribution in [3.05, 3.63) is 29.8 Å². The van der Waals surface area contributed by atoms with E-state index in [-0.39, 0.29) is 10.5 Å². The summed E-state index contributed by atoms with van der Waals surface area (Å²) in [5, 5.41) is 10.9. The Bertz CT molecular complexity index is 593. The first-order valence-electron chi connectivity index (χ1n) is 5.00. The fourth-order valence-electron chi connectivity index (χ4n) is 1.34. The maximum atomic E-state index is 11.9. The number of rotatable bonds is 3. The summed E-state index contributed by atoms with van der Waals surface area (Å²) < 4.78 is 26.1. The van der Waals surface area contributed by atoms with Crippen molar-refractivity contribution in [3.63, 3.8) is 0 Å². The number of aromatic carboxylic acids is 1. The lowest BCUT2D eigenvalue weighted by atomic mass is 10.2. The summed E-state index contributed by atoms with van der Waals surface area (Å²) in [7, 11) is -3.70. The van der Waals surface area contributed by atoms with Gasteiger partial charge in [0.25, 0.3) is 10.0 Å². The van der Waals surface area contributed by atoms with E-state index in [9.17, 15) is 18.3 Å². The molecule has 2 rings (SSSR count). The van der Waals surface area contributed by atoms with E-state index in [1.54, 1.807) is 0 Å². The van der Waals surface area contributed by atoms with E-state index in [0.717, 1.165) is 5.75 Å². The smallest absolute Gasteiger partial charge is 0.263 e. The number of nitrogens with one attached hydrogen (secondary N) is 1. The molecular formula is C10H9N2O4S2-. The highest BCUT2D eigenvalue weighted by Gasteiger charge is 2.18. The van der Waals surface area contributed by atoms with Crippen LogP contribution in [-0.4, -0.2) is 31.9 Å². The number of carbonyl (C=O) groups is 1. The molecule has 0 aromatic heterocycles. The molecular weight excluding hydrogens is 276 g/mol. The maximum Gasteiger partial charge on any atom is 0.263 e. The second-order valence-corrected chi connectivity index (χ2v) is 6.22. The molecule has 1 aliphatic heterocycles. The van der Waals surface area contributed by atoms with Gasteiger partial charge in [-0.1, -0.05) is 23.9 Å². The van der Waals surface area contributed by atoms with E-state index in [1.807, 2.05) is 0 Å². The summed E-state index contributed by atoms with van der Waals surface area (Å²) in [4.78, 5) is 14.5. The SMILES string of the molecule is O=C([O-])c1ccc(S(=O)(=O)NC2=NCCS2)cc1. The Balaban J connectivity index is 2.21. The number of carbonyl (C=O) groups excluding carboxylic acids is 1. The minimum absolute atomic E-state index is 0.0114. The number of carboxylic acids is 1. The Labute approximate surface area is 108 Å². The molecule has 96 valence electrons. The molecule has 0 saturated heterocycles. The van der Waals surface area contributed by atoms with Crippen LogP contribution < -0.4 is 9.83 Å². The van der Waals surface area contributed by atoms with Crippen molar-refractivity contribution in [1.29, 1.82) is 0 Å². The van der Waals surface area contributed by atoms with Gasteiger partial charge in [0.2, 0.25) is 0 Å². The van der Waals surface area contributed by atoms with Crippen molar-refractivity contribution in [2.45, 2.75) is 4.90 Å². The number of amidine groups is 1. The first-order chi connectivity index (χ1) is 8.49. The average Bonchev–Trinajstić information content (AvgIpc) is 2.81. The van der Waals surface area contributed by atoms with Crippen LogP contribution in [0, 0.1) is 0 Å². The maximum absolute atomic E-state index is 11.9. The van der Waals surface area contributed by atoms with Crippen molar-refractivity contribution in [1.82, 2.24) is 4.72 Å². The highest BCUT2D eigenvalue weighted by atomic mass is 32.2. The molecule has 0 bridgehead atoms. The number of nitrogens with zero attached hydrogens (tertiary/aromatic N) is 1. The third kappa shape index (κ3) is 2.82. The van der Waals surface area contributed by atoms with Gasteiger partial charge in [-0.15, -0.1) is 0 Å². The Kier molecular flexibility index (Phi) is 3.58. The van der Waals surface area contributed by atoms with Gasteiger partial charge in [0.1, 0.15) is 0 Å². The second-order valence-electron chi connectivity index (χ2n) is 3.45. The van der Waals surface area contributed by atoms with Gasteiger partial charge in [-0.05, 0) is 17.7 Å². The zero-order valence-electron chi connectivity index (χ0n) is 9.12. The average molecular weight is 285 g/mol. The van der Waals surface area contributed by atoms with Crippen LogP contribution in [-0.2, 0) is 10.0 Å². The summed E-state index contributed by atoms with van der Waals surface area (Å²) in [5.74, 6) is -0.593. The standard InChI is InChI=1S/C10H10N2O4S2/c13-9(14)7-1-3-8(4-2-7)18(15,16)12-10-11-5-6-17-10/h1-4H,5-6H2,(H,11,12)(H,13,14)/p-1. The van der Waals surface area contributed by atoms with Crippen LogP contribution in [0.5, 0.6) is 0 Å². The van der Waals surface area contributed by atoms with Crippen LogP contribution in [0.15, 0.2) is 34.2 Å². The zero-order valence-corrected chi connectivity index (χ0v) is 10.8. The summed E-state index contributed by atoms with van der Waals surface area (Å²) in [6, 6.07) is 4.81. The Morgan fingerprint density at radius 1 is 1.33 bits per heavy atom. The number of benzene rings is 1. The van der Waals surface area contributed by atoms with Crippen molar-refractivity contribution in [2.24, 2.45) is 4.99 Å². The molecule has 18 heavy (non-hydrogen) atoms. The normalized spacial score (nSPS) is 15.2. The molecule has 1 aromatic carbocycles. The highest BCUT2D eigenvalue weighted by molar-refractivity contribution is 8.15. The fourth-order valence-corrected chi connectivity index (χ4v) is 3.37.